The smallest absolute Gasteiger partial charge is 0.135 e. The van der Waals surface area contributed by atoms with Gasteiger partial charge < -0.3 is 29.2 Å². The Balaban J connectivity index is 1.34. The number of nitrogens with zero attached hydrogens (tertiary/aromatic N) is 5. The molecule has 1 aliphatic heterocycles. The number of halogens is 1. The van der Waals surface area contributed by atoms with E-state index in [4.69, 9.17) is 24.0 Å². The van der Waals surface area contributed by atoms with Crippen molar-refractivity contribution in [3.8, 4) is 34.1 Å². The van der Waals surface area contributed by atoms with Gasteiger partial charge in [0.25, 0.3) is 0 Å². The fourth-order valence-corrected chi connectivity index (χ4v) is 5.61. The van der Waals surface area contributed by atoms with Gasteiger partial charge in [-0.25, -0.2) is 4.68 Å². The van der Waals surface area contributed by atoms with Gasteiger partial charge in [-0.3, -0.25) is 0 Å². The number of methoxy groups -OCH3 is 3. The van der Waals surface area contributed by atoms with Crippen LogP contribution < -0.4 is 24.4 Å². The van der Waals surface area contributed by atoms with Crippen LogP contribution >= 0.6 is 15.9 Å². The lowest BCUT2D eigenvalue weighted by atomic mass is 10.0. The Kier molecular flexibility index (Phi) is 8.11. The topological polar surface area (TPSA) is 95.8 Å². The number of nitrogens with one attached hydrogen (secondary N) is 1. The number of anilines is 2. The summed E-state index contributed by atoms with van der Waals surface area (Å²) in [5, 5.41) is 17.9. The number of rotatable bonds is 9. The third-order valence-corrected chi connectivity index (χ3v) is 8.00. The van der Waals surface area contributed by atoms with Gasteiger partial charge in [-0.05, 0) is 51.8 Å². The number of hydrogen-bond acceptors (Lipinski definition) is 9. The first-order valence-electron chi connectivity index (χ1n) is 13.5. The zero-order valence-corrected chi connectivity index (χ0v) is 25.2. The van der Waals surface area contributed by atoms with Crippen molar-refractivity contribution in [2.24, 2.45) is 0 Å². The van der Waals surface area contributed by atoms with E-state index in [0.717, 1.165) is 79.5 Å². The number of morpholine rings is 1. The molecule has 1 saturated heterocycles. The predicted octanol–water partition coefficient (Wildman–Crippen LogP) is 5.72. The number of ether oxygens (including phenoxy) is 4. The van der Waals surface area contributed by atoms with E-state index in [1.54, 1.807) is 27.5 Å². The van der Waals surface area contributed by atoms with Crippen molar-refractivity contribution in [1.29, 1.82) is 0 Å². The molecular weight excluding hydrogens is 600 g/mol. The van der Waals surface area contributed by atoms with Crippen LogP contribution in [0, 0.1) is 0 Å². The van der Waals surface area contributed by atoms with Crippen LogP contribution in [0.1, 0.15) is 5.56 Å². The summed E-state index contributed by atoms with van der Waals surface area (Å²) in [4.78, 5) is 2.28. The normalized spacial score (nSPS) is 13.3. The molecule has 0 radical (unpaired) electrons. The van der Waals surface area contributed by atoms with Crippen LogP contribution in [0.25, 0.3) is 27.7 Å². The summed E-state index contributed by atoms with van der Waals surface area (Å²) in [6, 6.07) is 16.0. The van der Waals surface area contributed by atoms with Crippen LogP contribution in [0.15, 0.2) is 71.6 Å². The van der Waals surface area contributed by atoms with Crippen LogP contribution in [-0.4, -0.2) is 67.6 Å². The summed E-state index contributed by atoms with van der Waals surface area (Å²) in [5.41, 5.74) is 6.55. The van der Waals surface area contributed by atoms with E-state index in [9.17, 15) is 0 Å². The molecule has 11 heteroatoms. The molecular formula is C31H31BrN6O4. The van der Waals surface area contributed by atoms with Crippen molar-refractivity contribution >= 4 is 38.2 Å². The molecule has 2 aromatic heterocycles. The van der Waals surface area contributed by atoms with E-state index in [0.29, 0.717) is 19.8 Å². The van der Waals surface area contributed by atoms with E-state index < -0.39 is 0 Å². The summed E-state index contributed by atoms with van der Waals surface area (Å²) >= 11 is 3.67. The molecule has 0 atom stereocenters. The van der Waals surface area contributed by atoms with Crippen molar-refractivity contribution in [3.63, 3.8) is 0 Å². The lowest BCUT2D eigenvalue weighted by Crippen LogP contribution is -2.35. The van der Waals surface area contributed by atoms with E-state index in [1.807, 2.05) is 47.4 Å². The number of benzene rings is 3. The summed E-state index contributed by atoms with van der Waals surface area (Å²) in [6.45, 7) is 3.66. The highest BCUT2D eigenvalue weighted by atomic mass is 79.9. The van der Waals surface area contributed by atoms with Gasteiger partial charge in [0.1, 0.15) is 17.2 Å². The van der Waals surface area contributed by atoms with Crippen LogP contribution in [0.5, 0.6) is 17.2 Å². The first kappa shape index (κ1) is 27.8. The molecule has 0 bridgehead atoms. The third-order valence-electron chi connectivity index (χ3n) is 7.38. The second-order valence-corrected chi connectivity index (χ2v) is 10.6. The Bertz CT molecular complexity index is 1720. The van der Waals surface area contributed by atoms with E-state index in [2.05, 4.69) is 54.5 Å². The zero-order valence-electron chi connectivity index (χ0n) is 23.6. The lowest BCUT2D eigenvalue weighted by molar-refractivity contribution is 0.122. The summed E-state index contributed by atoms with van der Waals surface area (Å²) in [7, 11) is 4.95. The fraction of sp³-hybridized carbons (Fsp3) is 0.258. The highest BCUT2D eigenvalue weighted by Gasteiger charge is 2.18. The Morgan fingerprint density at radius 3 is 2.55 bits per heavy atom. The standard InChI is InChI=1S/C31H31BrN6O4/c1-39-23-6-4-21(30(13-23)40-2)16-33-28-18-34-36-27-12-20(5-7-24(27)28)25-14-26(32)31(41-3)15-29(25)38-19-22(17-35-38)37-8-10-42-11-9-37/h4-7,12-15,17-19H,8-11,16H2,1-3H3,(H,33,36). The minimum absolute atomic E-state index is 0.552. The third kappa shape index (κ3) is 5.57. The molecule has 10 nitrogen and oxygen atoms in total. The molecule has 216 valence electrons. The molecule has 0 unspecified atom stereocenters. The number of fused-ring (bicyclic) bond motifs is 1. The molecule has 6 rings (SSSR count). The van der Waals surface area contributed by atoms with Gasteiger partial charge in [0.2, 0.25) is 0 Å². The van der Waals surface area contributed by atoms with Gasteiger partial charge >= 0.3 is 0 Å². The second-order valence-electron chi connectivity index (χ2n) is 9.77. The maximum Gasteiger partial charge on any atom is 0.135 e. The van der Waals surface area contributed by atoms with Gasteiger partial charge in [0.05, 0.1) is 80.2 Å². The molecule has 0 aliphatic carbocycles. The van der Waals surface area contributed by atoms with Gasteiger partial charge in [-0.15, -0.1) is 0 Å². The van der Waals surface area contributed by atoms with Crippen LogP contribution in [0.2, 0.25) is 0 Å². The maximum atomic E-state index is 5.64. The first-order chi connectivity index (χ1) is 20.6. The molecule has 5 aromatic rings. The Labute approximate surface area is 252 Å². The lowest BCUT2D eigenvalue weighted by Gasteiger charge is -2.27. The molecule has 42 heavy (non-hydrogen) atoms. The zero-order chi connectivity index (χ0) is 29.1. The van der Waals surface area contributed by atoms with Crippen molar-refractivity contribution in [2.45, 2.75) is 6.54 Å². The van der Waals surface area contributed by atoms with Crippen molar-refractivity contribution in [3.05, 3.63) is 77.2 Å². The maximum absolute atomic E-state index is 5.64. The van der Waals surface area contributed by atoms with E-state index >= 15 is 0 Å². The van der Waals surface area contributed by atoms with Gasteiger partial charge in [-0.2, -0.15) is 15.3 Å². The van der Waals surface area contributed by atoms with Gasteiger partial charge in [0.15, 0.2) is 0 Å². The monoisotopic (exact) mass is 630 g/mol. The Hall–Kier alpha value is -4.35. The SMILES string of the molecule is COc1ccc(CNc2cnnc3cc(-c4cc(Br)c(OC)cc4-n4cc(N5CCOCC5)cn4)ccc23)c(OC)c1. The average molecular weight is 632 g/mol. The number of hydrogen-bond donors (Lipinski definition) is 1. The summed E-state index contributed by atoms with van der Waals surface area (Å²) < 4.78 is 24.8. The quantitative estimate of drug-likeness (QED) is 0.219. The molecule has 1 fully saturated rings. The van der Waals surface area contributed by atoms with Crippen LogP contribution in [0.3, 0.4) is 0 Å². The van der Waals surface area contributed by atoms with Crippen molar-refractivity contribution < 1.29 is 18.9 Å². The Morgan fingerprint density at radius 2 is 1.76 bits per heavy atom. The Morgan fingerprint density at radius 1 is 0.929 bits per heavy atom. The summed E-state index contributed by atoms with van der Waals surface area (Å²) in [5.74, 6) is 2.22. The fourth-order valence-electron chi connectivity index (χ4n) is 5.11. The predicted molar refractivity (Wildman–Crippen MR) is 166 cm³/mol. The molecule has 0 amide bonds. The molecule has 3 aromatic carbocycles. The van der Waals surface area contributed by atoms with Crippen molar-refractivity contribution in [2.75, 3.05) is 57.8 Å². The second kappa shape index (κ2) is 12.3. The molecule has 3 heterocycles. The molecule has 1 N–H and O–H groups in total. The molecule has 0 saturated carbocycles. The van der Waals surface area contributed by atoms with Gasteiger partial charge in [-0.1, -0.05) is 6.07 Å². The molecule has 1 aliphatic rings. The first-order valence-corrected chi connectivity index (χ1v) is 14.3. The minimum atomic E-state index is 0.552. The van der Waals surface area contributed by atoms with E-state index in [1.165, 1.54) is 0 Å². The minimum Gasteiger partial charge on any atom is -0.497 e. The highest BCUT2D eigenvalue weighted by Crippen LogP contribution is 2.38. The average Bonchev–Trinajstić information content (AvgIpc) is 3.54. The summed E-state index contributed by atoms with van der Waals surface area (Å²) in [6.07, 6.45) is 5.68. The number of aromatic nitrogens is 4. The largest absolute Gasteiger partial charge is 0.497 e. The van der Waals surface area contributed by atoms with E-state index in [-0.39, 0.29) is 0 Å². The van der Waals surface area contributed by atoms with Gasteiger partial charge in [0, 0.05) is 48.3 Å². The van der Waals surface area contributed by atoms with Crippen molar-refractivity contribution in [1.82, 2.24) is 20.0 Å². The highest BCUT2D eigenvalue weighted by molar-refractivity contribution is 9.10. The molecule has 0 spiro atoms. The van der Waals surface area contributed by atoms with Crippen LogP contribution in [0.4, 0.5) is 11.4 Å². The van der Waals surface area contributed by atoms with Crippen LogP contribution in [-0.2, 0) is 11.3 Å².